The molecule has 1 aliphatic carbocycles. The molecule has 0 saturated heterocycles. The monoisotopic (exact) mass is 586 g/mol. The van der Waals surface area contributed by atoms with Gasteiger partial charge in [-0.25, -0.2) is 0 Å². The van der Waals surface area contributed by atoms with Crippen molar-refractivity contribution in [2.45, 2.75) is 119 Å². The lowest BCUT2D eigenvalue weighted by Crippen LogP contribution is -2.30. The minimum absolute atomic E-state index is 0.0106. The molecule has 0 fully saturated rings. The maximum absolute atomic E-state index is 13.8. The number of hydrogen-bond donors (Lipinski definition) is 0. The van der Waals surface area contributed by atoms with Gasteiger partial charge in [0.1, 0.15) is 17.3 Å². The zero-order valence-electron chi connectivity index (χ0n) is 27.5. The van der Waals surface area contributed by atoms with Crippen LogP contribution in [0.1, 0.15) is 140 Å². The largest absolute Gasteiger partial charge is 0.300 e. The molecular formula is C38H50O5. The van der Waals surface area contributed by atoms with Gasteiger partial charge in [0.05, 0.1) is 6.42 Å². The molecule has 0 aromatic heterocycles. The summed E-state index contributed by atoms with van der Waals surface area (Å²) in [5.41, 5.74) is 7.09. The Morgan fingerprint density at radius 1 is 0.930 bits per heavy atom. The molecule has 0 radical (unpaired) electrons. The van der Waals surface area contributed by atoms with Crippen molar-refractivity contribution in [3.8, 4) is 0 Å². The fourth-order valence-electron chi connectivity index (χ4n) is 7.24. The first kappa shape index (κ1) is 34.3. The van der Waals surface area contributed by atoms with Crippen molar-refractivity contribution in [3.05, 3.63) is 68.8 Å². The van der Waals surface area contributed by atoms with E-state index in [4.69, 9.17) is 0 Å². The fourth-order valence-corrected chi connectivity index (χ4v) is 7.24. The Morgan fingerprint density at radius 3 is 2.19 bits per heavy atom. The second-order valence-corrected chi connectivity index (χ2v) is 13.2. The third kappa shape index (κ3) is 8.46. The van der Waals surface area contributed by atoms with E-state index in [1.54, 1.807) is 0 Å². The summed E-state index contributed by atoms with van der Waals surface area (Å²) in [6.45, 7) is 15.3. The highest BCUT2D eigenvalue weighted by atomic mass is 16.2. The molecule has 232 valence electrons. The van der Waals surface area contributed by atoms with E-state index in [0.717, 1.165) is 64.6 Å². The lowest BCUT2D eigenvalue weighted by molar-refractivity contribution is -0.130. The summed E-state index contributed by atoms with van der Waals surface area (Å²) in [5.74, 6) is 0.364. The number of carbonyl (C=O) groups excluding carboxylic acids is 5. The van der Waals surface area contributed by atoms with E-state index in [-0.39, 0.29) is 71.9 Å². The Labute approximate surface area is 258 Å². The number of benzene rings is 2. The van der Waals surface area contributed by atoms with Crippen LogP contribution in [-0.4, -0.2) is 28.9 Å². The predicted octanol–water partition coefficient (Wildman–Crippen LogP) is 8.11. The van der Waals surface area contributed by atoms with Gasteiger partial charge >= 0.3 is 0 Å². The van der Waals surface area contributed by atoms with Gasteiger partial charge in [-0.05, 0) is 98.6 Å². The van der Waals surface area contributed by atoms with E-state index in [1.165, 1.54) is 13.8 Å². The van der Waals surface area contributed by atoms with E-state index in [0.29, 0.717) is 18.4 Å². The second-order valence-electron chi connectivity index (χ2n) is 13.2. The van der Waals surface area contributed by atoms with Crippen molar-refractivity contribution in [1.82, 2.24) is 0 Å². The molecular weight excluding hydrogens is 536 g/mol. The molecule has 0 spiro atoms. The predicted molar refractivity (Wildman–Crippen MR) is 172 cm³/mol. The number of hydrogen-bond acceptors (Lipinski definition) is 5. The normalized spacial score (nSPS) is 16.1. The number of fused-ring (bicyclic) bond motifs is 1. The minimum atomic E-state index is -0.155. The first-order valence-electron chi connectivity index (χ1n) is 16.1. The van der Waals surface area contributed by atoms with Gasteiger partial charge in [-0.15, -0.1) is 0 Å². The van der Waals surface area contributed by atoms with Crippen molar-refractivity contribution in [3.63, 3.8) is 0 Å². The van der Waals surface area contributed by atoms with Gasteiger partial charge < -0.3 is 0 Å². The third-order valence-electron chi connectivity index (χ3n) is 9.27. The van der Waals surface area contributed by atoms with Crippen LogP contribution in [0.5, 0.6) is 0 Å². The van der Waals surface area contributed by atoms with E-state index in [9.17, 15) is 24.0 Å². The number of ketones is 5. The van der Waals surface area contributed by atoms with Crippen LogP contribution in [0.3, 0.4) is 0 Å². The molecule has 2 aromatic rings. The van der Waals surface area contributed by atoms with Gasteiger partial charge in [-0.2, -0.15) is 0 Å². The Hall–Kier alpha value is -3.21. The molecule has 0 saturated carbocycles. The summed E-state index contributed by atoms with van der Waals surface area (Å²) in [6, 6.07) is 7.77. The number of Topliss-reactive ketones (excluding diaryl/α,β-unsaturated/α-hetero) is 5. The molecule has 43 heavy (non-hydrogen) atoms. The topological polar surface area (TPSA) is 85.3 Å². The fraction of sp³-hybridized carbons (Fsp3) is 0.553. The first-order chi connectivity index (χ1) is 20.3. The van der Waals surface area contributed by atoms with Crippen LogP contribution < -0.4 is 0 Å². The highest BCUT2D eigenvalue weighted by molar-refractivity contribution is 6.02. The van der Waals surface area contributed by atoms with Gasteiger partial charge in [-0.3, -0.25) is 24.0 Å². The first-order valence-corrected chi connectivity index (χ1v) is 16.1. The Morgan fingerprint density at radius 2 is 1.60 bits per heavy atom. The maximum atomic E-state index is 13.8. The maximum Gasteiger partial charge on any atom is 0.163 e. The molecule has 0 heterocycles. The van der Waals surface area contributed by atoms with Crippen LogP contribution >= 0.6 is 0 Å². The molecule has 0 aliphatic heterocycles. The number of aryl methyl sites for hydroxylation is 1. The molecule has 5 nitrogen and oxygen atoms in total. The van der Waals surface area contributed by atoms with Crippen LogP contribution in [0.4, 0.5) is 0 Å². The Bertz CT molecular complexity index is 1400. The molecule has 2 aromatic carbocycles. The molecule has 1 aliphatic rings. The molecule has 0 amide bonds. The summed E-state index contributed by atoms with van der Waals surface area (Å²) >= 11 is 0. The summed E-state index contributed by atoms with van der Waals surface area (Å²) < 4.78 is 0. The van der Waals surface area contributed by atoms with Crippen molar-refractivity contribution in [2.75, 3.05) is 0 Å². The van der Waals surface area contributed by atoms with Crippen LogP contribution in [-0.2, 0) is 33.6 Å². The quantitative estimate of drug-likeness (QED) is 0.155. The minimum Gasteiger partial charge on any atom is -0.300 e. The Balaban J connectivity index is 1.90. The summed E-state index contributed by atoms with van der Waals surface area (Å²) in [5, 5.41) is 0. The average molecular weight is 587 g/mol. The van der Waals surface area contributed by atoms with Gasteiger partial charge in [0.25, 0.3) is 0 Å². The summed E-state index contributed by atoms with van der Waals surface area (Å²) in [4.78, 5) is 64.0. The smallest absolute Gasteiger partial charge is 0.163 e. The highest BCUT2D eigenvalue weighted by Crippen LogP contribution is 2.40. The van der Waals surface area contributed by atoms with Crippen molar-refractivity contribution >= 4 is 28.9 Å². The van der Waals surface area contributed by atoms with E-state index in [2.05, 4.69) is 26.8 Å². The standard InChI is InChI=1S/C38H50O5/c1-9-11-28(32(10-2)36(42)15-24(6)39)16-27-17-35-33(22(3)4)21-30(25(7)38(35)37(43)18-27)20-31(41)19-29-13-12-23(5)14-34(29)26(8)40/h12-14,21-22,27-28,32H,9-11,15-20H2,1-8H3. The average Bonchev–Trinajstić information content (AvgIpc) is 2.90. The lowest BCUT2D eigenvalue weighted by atomic mass is 9.70. The van der Waals surface area contributed by atoms with Crippen molar-refractivity contribution < 1.29 is 24.0 Å². The van der Waals surface area contributed by atoms with Crippen LogP contribution in [0.2, 0.25) is 0 Å². The number of rotatable bonds is 15. The summed E-state index contributed by atoms with van der Waals surface area (Å²) in [7, 11) is 0. The van der Waals surface area contributed by atoms with E-state index in [1.807, 2.05) is 39.0 Å². The SMILES string of the molecule is CCCC(CC1CC(=O)c2c(C)c(CC(=O)Cc3ccc(C)cc3C(C)=O)cc(C(C)C)c2C1)C(CC)C(=O)CC(C)=O. The van der Waals surface area contributed by atoms with Crippen molar-refractivity contribution in [2.24, 2.45) is 17.8 Å². The zero-order valence-corrected chi connectivity index (χ0v) is 27.5. The summed E-state index contributed by atoms with van der Waals surface area (Å²) in [6.07, 6.45) is 4.97. The van der Waals surface area contributed by atoms with Gasteiger partial charge in [0, 0.05) is 36.3 Å². The van der Waals surface area contributed by atoms with E-state index < -0.39 is 0 Å². The van der Waals surface area contributed by atoms with Crippen molar-refractivity contribution in [1.29, 1.82) is 0 Å². The molecule has 0 N–H and O–H groups in total. The van der Waals surface area contributed by atoms with Gasteiger partial charge in [0.15, 0.2) is 11.6 Å². The number of carbonyl (C=O) groups is 5. The van der Waals surface area contributed by atoms with Gasteiger partial charge in [0.2, 0.25) is 0 Å². The zero-order chi connectivity index (χ0) is 32.0. The molecule has 3 unspecified atom stereocenters. The second kappa shape index (κ2) is 15.0. The Kier molecular flexibility index (Phi) is 12.0. The highest BCUT2D eigenvalue weighted by Gasteiger charge is 2.35. The third-order valence-corrected chi connectivity index (χ3v) is 9.27. The van der Waals surface area contributed by atoms with Gasteiger partial charge in [-0.1, -0.05) is 64.3 Å². The molecule has 3 rings (SSSR count). The molecule has 0 bridgehead atoms. The molecule has 3 atom stereocenters. The van der Waals surface area contributed by atoms with E-state index >= 15 is 0 Å². The lowest BCUT2D eigenvalue weighted by Gasteiger charge is -2.33. The molecule has 5 heteroatoms. The van der Waals surface area contributed by atoms with Crippen LogP contribution in [0.15, 0.2) is 24.3 Å². The van der Waals surface area contributed by atoms with Crippen LogP contribution in [0.25, 0.3) is 0 Å². The van der Waals surface area contributed by atoms with Crippen LogP contribution in [0, 0.1) is 31.6 Å².